The minimum atomic E-state index is -4.75. The number of alkyl halides is 3. The van der Waals surface area contributed by atoms with Crippen LogP contribution >= 0.6 is 0 Å². The van der Waals surface area contributed by atoms with Crippen molar-refractivity contribution in [1.29, 1.82) is 0 Å². The molecule has 7 heteroatoms. The minimum Gasteiger partial charge on any atom is -0.598 e. The highest BCUT2D eigenvalue weighted by Gasteiger charge is 2.34. The lowest BCUT2D eigenvalue weighted by molar-refractivity contribution is -0.275. The highest BCUT2D eigenvalue weighted by atomic mass is 32.2. The summed E-state index contributed by atoms with van der Waals surface area (Å²) in [5.74, 6) is -0.286. The van der Waals surface area contributed by atoms with Crippen LogP contribution in [0.4, 0.5) is 13.2 Å². The first kappa shape index (κ1) is 17.1. The molecule has 0 aliphatic carbocycles. The SMILES string of the molecule is C[C@H](N[S+]([O-])C(C)(C)C)c1ccccc1OC(F)(F)F. The maximum Gasteiger partial charge on any atom is 0.573 e. The van der Waals surface area contributed by atoms with E-state index in [-0.39, 0.29) is 5.75 Å². The molecule has 0 heterocycles. The van der Waals surface area contributed by atoms with Gasteiger partial charge in [-0.2, -0.15) is 0 Å². The summed E-state index contributed by atoms with van der Waals surface area (Å²) >= 11 is -1.39. The Hall–Kier alpha value is -0.920. The summed E-state index contributed by atoms with van der Waals surface area (Å²) in [6.07, 6.45) is -4.75. The Morgan fingerprint density at radius 3 is 2.25 bits per heavy atom. The van der Waals surface area contributed by atoms with Gasteiger partial charge >= 0.3 is 6.36 Å². The van der Waals surface area contributed by atoms with E-state index in [2.05, 4.69) is 9.46 Å². The molecule has 0 fully saturated rings. The molecule has 3 nitrogen and oxygen atoms in total. The molecule has 1 rings (SSSR count). The fourth-order valence-corrected chi connectivity index (χ4v) is 2.26. The number of halogens is 3. The second kappa shape index (κ2) is 6.24. The van der Waals surface area contributed by atoms with Crippen molar-refractivity contribution >= 4 is 11.4 Å². The van der Waals surface area contributed by atoms with E-state index in [9.17, 15) is 17.7 Å². The van der Waals surface area contributed by atoms with Crippen LogP contribution in [0.2, 0.25) is 0 Å². The number of nitrogens with one attached hydrogen (secondary N) is 1. The second-order valence-electron chi connectivity index (χ2n) is 5.31. The van der Waals surface area contributed by atoms with Gasteiger partial charge in [-0.05, 0) is 33.8 Å². The van der Waals surface area contributed by atoms with E-state index >= 15 is 0 Å². The molecule has 0 saturated carbocycles. The highest BCUT2D eigenvalue weighted by Crippen LogP contribution is 2.31. The van der Waals surface area contributed by atoms with Crippen molar-refractivity contribution in [3.8, 4) is 5.75 Å². The van der Waals surface area contributed by atoms with Crippen LogP contribution in [0, 0.1) is 0 Å². The van der Waals surface area contributed by atoms with E-state index in [0.29, 0.717) is 5.56 Å². The van der Waals surface area contributed by atoms with E-state index in [1.807, 2.05) is 0 Å². The molecule has 0 aromatic heterocycles. The van der Waals surface area contributed by atoms with Gasteiger partial charge in [-0.3, -0.25) is 0 Å². The molecule has 0 spiro atoms. The van der Waals surface area contributed by atoms with Gasteiger partial charge in [0.25, 0.3) is 0 Å². The number of rotatable bonds is 4. The van der Waals surface area contributed by atoms with Crippen molar-refractivity contribution in [3.63, 3.8) is 0 Å². The van der Waals surface area contributed by atoms with Crippen LogP contribution in [-0.2, 0) is 11.4 Å². The van der Waals surface area contributed by atoms with Crippen LogP contribution < -0.4 is 9.46 Å². The van der Waals surface area contributed by atoms with Gasteiger partial charge in [0.05, 0.1) is 6.04 Å². The standard InChI is InChI=1S/C13H18F3NO2S/c1-9(17-20(18)12(2,3)4)10-7-5-6-8-11(10)19-13(14,15)16/h5-9,17H,1-4H3/t9-,20?/m0/s1. The van der Waals surface area contributed by atoms with Gasteiger partial charge in [0.15, 0.2) is 0 Å². The summed E-state index contributed by atoms with van der Waals surface area (Å²) in [6, 6.07) is 5.28. The third kappa shape index (κ3) is 5.22. The number of hydrogen-bond acceptors (Lipinski definition) is 3. The van der Waals surface area contributed by atoms with Crippen LogP contribution in [0.5, 0.6) is 5.75 Å². The van der Waals surface area contributed by atoms with Crippen LogP contribution in [-0.4, -0.2) is 15.7 Å². The van der Waals surface area contributed by atoms with E-state index < -0.39 is 28.5 Å². The van der Waals surface area contributed by atoms with Crippen molar-refractivity contribution < 1.29 is 22.5 Å². The Balaban J connectivity index is 2.90. The summed E-state index contributed by atoms with van der Waals surface area (Å²) in [6.45, 7) is 6.98. The quantitative estimate of drug-likeness (QED) is 0.863. The van der Waals surface area contributed by atoms with E-state index in [0.717, 1.165) is 0 Å². The number of para-hydroxylation sites is 1. The van der Waals surface area contributed by atoms with Gasteiger partial charge in [-0.25, -0.2) is 0 Å². The normalized spacial score (nSPS) is 15.8. The average molecular weight is 309 g/mol. The topological polar surface area (TPSA) is 44.3 Å². The Bertz CT molecular complexity index is 446. The van der Waals surface area contributed by atoms with E-state index in [1.165, 1.54) is 18.2 Å². The maximum atomic E-state index is 12.3. The number of hydrogen-bond donors (Lipinski definition) is 1. The van der Waals surface area contributed by atoms with Gasteiger partial charge in [0.1, 0.15) is 10.5 Å². The average Bonchev–Trinajstić information content (AvgIpc) is 2.25. The van der Waals surface area contributed by atoms with E-state index in [4.69, 9.17) is 0 Å². The Kier molecular flexibility index (Phi) is 5.34. The monoisotopic (exact) mass is 309 g/mol. The zero-order valence-electron chi connectivity index (χ0n) is 11.7. The number of ether oxygens (including phenoxy) is 1. The lowest BCUT2D eigenvalue weighted by Crippen LogP contribution is -2.40. The molecule has 0 aliphatic heterocycles. The van der Waals surface area contributed by atoms with Crippen LogP contribution in [0.3, 0.4) is 0 Å². The van der Waals surface area contributed by atoms with E-state index in [1.54, 1.807) is 33.8 Å². The summed E-state index contributed by atoms with van der Waals surface area (Å²) in [5.41, 5.74) is 0.308. The fraction of sp³-hybridized carbons (Fsp3) is 0.538. The van der Waals surface area contributed by atoms with Crippen LogP contribution in [0.1, 0.15) is 39.3 Å². The molecule has 1 aromatic carbocycles. The molecule has 0 saturated heterocycles. The van der Waals surface area contributed by atoms with Gasteiger partial charge in [-0.15, -0.1) is 17.9 Å². The largest absolute Gasteiger partial charge is 0.598 e. The van der Waals surface area contributed by atoms with Crippen molar-refractivity contribution in [2.24, 2.45) is 0 Å². The Morgan fingerprint density at radius 2 is 1.75 bits per heavy atom. The van der Waals surface area contributed by atoms with Crippen LogP contribution in [0.15, 0.2) is 24.3 Å². The molecule has 1 N–H and O–H groups in total. The lowest BCUT2D eigenvalue weighted by atomic mass is 10.1. The first-order valence-corrected chi connectivity index (χ1v) is 7.18. The molecule has 20 heavy (non-hydrogen) atoms. The molecule has 0 amide bonds. The van der Waals surface area contributed by atoms with Gasteiger partial charge in [0.2, 0.25) is 0 Å². The molecule has 0 bridgehead atoms. The zero-order chi connectivity index (χ0) is 15.6. The fourth-order valence-electron chi connectivity index (χ4n) is 1.46. The third-order valence-electron chi connectivity index (χ3n) is 2.45. The lowest BCUT2D eigenvalue weighted by Gasteiger charge is -2.27. The first-order chi connectivity index (χ1) is 9.00. The maximum absolute atomic E-state index is 12.3. The second-order valence-corrected chi connectivity index (χ2v) is 7.30. The smallest absolute Gasteiger partial charge is 0.573 e. The highest BCUT2D eigenvalue weighted by molar-refractivity contribution is 7.90. The first-order valence-electron chi connectivity index (χ1n) is 6.03. The van der Waals surface area contributed by atoms with Crippen LogP contribution in [0.25, 0.3) is 0 Å². The molecular weight excluding hydrogens is 291 g/mol. The van der Waals surface area contributed by atoms with Gasteiger partial charge in [0, 0.05) is 16.9 Å². The predicted octanol–water partition coefficient (Wildman–Crippen LogP) is 3.70. The number of benzene rings is 1. The molecule has 0 aliphatic rings. The van der Waals surface area contributed by atoms with Crippen molar-refractivity contribution in [2.75, 3.05) is 0 Å². The summed E-state index contributed by atoms with van der Waals surface area (Å²) in [5, 5.41) is 0. The molecule has 114 valence electrons. The molecule has 1 aromatic rings. The van der Waals surface area contributed by atoms with Crippen molar-refractivity contribution in [3.05, 3.63) is 29.8 Å². The van der Waals surface area contributed by atoms with Crippen molar-refractivity contribution in [2.45, 2.75) is 44.8 Å². The third-order valence-corrected chi connectivity index (χ3v) is 4.13. The predicted molar refractivity (Wildman–Crippen MR) is 72.6 cm³/mol. The zero-order valence-corrected chi connectivity index (χ0v) is 12.6. The summed E-state index contributed by atoms with van der Waals surface area (Å²) in [7, 11) is 0. The van der Waals surface area contributed by atoms with Crippen molar-refractivity contribution in [1.82, 2.24) is 4.72 Å². The van der Waals surface area contributed by atoms with Gasteiger partial charge < -0.3 is 9.29 Å². The Morgan fingerprint density at radius 1 is 1.20 bits per heavy atom. The Labute approximate surface area is 119 Å². The summed E-state index contributed by atoms with van der Waals surface area (Å²) < 4.78 is 55.2. The summed E-state index contributed by atoms with van der Waals surface area (Å²) in [4.78, 5) is 0. The van der Waals surface area contributed by atoms with Gasteiger partial charge in [-0.1, -0.05) is 18.2 Å². The molecular formula is C13H18F3NO2S. The minimum absolute atomic E-state index is 0.286. The molecule has 2 atom stereocenters. The molecule has 0 radical (unpaired) electrons. The molecule has 1 unspecified atom stereocenters.